The smallest absolute Gasteiger partial charge is 0.279 e. The fraction of sp³-hybridized carbons (Fsp3) is 0.333. The van der Waals surface area contributed by atoms with Gasteiger partial charge in [0.05, 0.1) is 0 Å². The van der Waals surface area contributed by atoms with Crippen LogP contribution in [0.1, 0.15) is 5.82 Å². The molecule has 0 bridgehead atoms. The van der Waals surface area contributed by atoms with Gasteiger partial charge in [-0.1, -0.05) is 0 Å². The summed E-state index contributed by atoms with van der Waals surface area (Å²) in [4.78, 5) is 26.0. The Bertz CT molecular complexity index is 540. The lowest BCUT2D eigenvalue weighted by molar-refractivity contribution is -0.0412. The predicted octanol–water partition coefficient (Wildman–Crippen LogP) is -0.166. The Labute approximate surface area is 90.5 Å². The molecule has 0 saturated heterocycles. The molecule has 0 radical (unpaired) electrons. The normalized spacial score (nSPS) is 10.8. The summed E-state index contributed by atoms with van der Waals surface area (Å²) in [6.45, 7) is 0.303. The minimum atomic E-state index is -0.325. The van der Waals surface area contributed by atoms with Crippen molar-refractivity contribution in [3.63, 3.8) is 0 Å². The summed E-state index contributed by atoms with van der Waals surface area (Å²) in [5.41, 5.74) is 0.203. The molecule has 2 heterocycles. The highest BCUT2D eigenvalue weighted by Gasteiger charge is 2.05. The maximum atomic E-state index is 11.5. The summed E-state index contributed by atoms with van der Waals surface area (Å²) in [6, 6.07) is 0. The SMILES string of the molecule is COCOCc1nc2nccnc2c(=O)[nH]1. The van der Waals surface area contributed by atoms with Gasteiger partial charge in [-0.05, 0) is 0 Å². The summed E-state index contributed by atoms with van der Waals surface area (Å²) in [6.07, 6.45) is 2.93. The zero-order chi connectivity index (χ0) is 11.4. The van der Waals surface area contributed by atoms with Crippen LogP contribution in [0.3, 0.4) is 0 Å². The van der Waals surface area contributed by atoms with Gasteiger partial charge in [0.1, 0.15) is 19.2 Å². The zero-order valence-electron chi connectivity index (χ0n) is 8.64. The van der Waals surface area contributed by atoms with Crippen molar-refractivity contribution < 1.29 is 9.47 Å². The summed E-state index contributed by atoms with van der Waals surface area (Å²) < 4.78 is 9.78. The maximum absolute atomic E-state index is 11.5. The second-order valence-electron chi connectivity index (χ2n) is 3.00. The largest absolute Gasteiger partial charge is 0.359 e. The molecule has 16 heavy (non-hydrogen) atoms. The highest BCUT2D eigenvalue weighted by molar-refractivity contribution is 5.67. The number of nitrogens with one attached hydrogen (secondary N) is 1. The van der Waals surface area contributed by atoms with Crippen molar-refractivity contribution in [2.75, 3.05) is 13.9 Å². The van der Waals surface area contributed by atoms with Crippen LogP contribution in [0.25, 0.3) is 11.2 Å². The third kappa shape index (κ3) is 2.20. The van der Waals surface area contributed by atoms with Gasteiger partial charge in [0.25, 0.3) is 5.56 Å². The number of rotatable bonds is 4. The van der Waals surface area contributed by atoms with Gasteiger partial charge in [0.15, 0.2) is 11.2 Å². The van der Waals surface area contributed by atoms with Crippen LogP contribution < -0.4 is 5.56 Å². The lowest BCUT2D eigenvalue weighted by Gasteiger charge is -2.02. The number of hydrogen-bond donors (Lipinski definition) is 1. The minimum absolute atomic E-state index is 0.141. The molecule has 2 aromatic heterocycles. The molecule has 0 amide bonds. The van der Waals surface area contributed by atoms with E-state index in [1.54, 1.807) is 0 Å². The number of H-pyrrole nitrogens is 1. The fourth-order valence-electron chi connectivity index (χ4n) is 1.21. The minimum Gasteiger partial charge on any atom is -0.359 e. The van der Waals surface area contributed by atoms with Crippen LogP contribution in [0.2, 0.25) is 0 Å². The third-order valence-electron chi connectivity index (χ3n) is 1.83. The van der Waals surface area contributed by atoms with Gasteiger partial charge in [-0.15, -0.1) is 0 Å². The van der Waals surface area contributed by atoms with E-state index in [9.17, 15) is 4.79 Å². The summed E-state index contributed by atoms with van der Waals surface area (Å²) >= 11 is 0. The maximum Gasteiger partial charge on any atom is 0.279 e. The van der Waals surface area contributed by atoms with Crippen molar-refractivity contribution in [3.05, 3.63) is 28.6 Å². The highest BCUT2D eigenvalue weighted by Crippen LogP contribution is 1.99. The van der Waals surface area contributed by atoms with Crippen molar-refractivity contribution in [1.29, 1.82) is 0 Å². The number of fused-ring (bicyclic) bond motifs is 1. The van der Waals surface area contributed by atoms with E-state index in [2.05, 4.69) is 19.9 Å². The molecule has 0 aromatic carbocycles. The number of methoxy groups -OCH3 is 1. The Morgan fingerprint density at radius 1 is 1.38 bits per heavy atom. The zero-order valence-corrected chi connectivity index (χ0v) is 8.64. The number of ether oxygens (including phenoxy) is 2. The van der Waals surface area contributed by atoms with Gasteiger partial charge in [-0.2, -0.15) is 0 Å². The monoisotopic (exact) mass is 222 g/mol. The van der Waals surface area contributed by atoms with Crippen LogP contribution in [-0.4, -0.2) is 33.8 Å². The molecule has 0 saturated carbocycles. The van der Waals surface area contributed by atoms with Crippen molar-refractivity contribution in [2.45, 2.75) is 6.61 Å². The Balaban J connectivity index is 2.31. The van der Waals surface area contributed by atoms with E-state index in [1.165, 1.54) is 19.5 Å². The van der Waals surface area contributed by atoms with Crippen molar-refractivity contribution in [2.24, 2.45) is 0 Å². The van der Waals surface area contributed by atoms with Gasteiger partial charge in [0.2, 0.25) is 0 Å². The average Bonchev–Trinajstić information content (AvgIpc) is 2.30. The predicted molar refractivity (Wildman–Crippen MR) is 54.6 cm³/mol. The molecule has 0 aliphatic carbocycles. The lowest BCUT2D eigenvalue weighted by atomic mass is 10.5. The molecule has 0 atom stereocenters. The molecule has 2 rings (SSSR count). The van der Waals surface area contributed by atoms with E-state index < -0.39 is 0 Å². The quantitative estimate of drug-likeness (QED) is 0.570. The van der Waals surface area contributed by atoms with Gasteiger partial charge in [-0.3, -0.25) is 4.79 Å². The molecule has 0 aliphatic heterocycles. The molecule has 0 unspecified atom stereocenters. The molecule has 2 aromatic rings. The molecule has 7 heteroatoms. The van der Waals surface area contributed by atoms with Gasteiger partial charge in [-0.25, -0.2) is 15.0 Å². The Hall–Kier alpha value is -1.86. The standard InChI is InChI=1S/C9H10N4O3/c1-15-5-16-4-6-12-8-7(9(14)13-6)10-2-3-11-8/h2-3H,4-5H2,1H3,(H,11,12,13,14). The van der Waals surface area contributed by atoms with Crippen molar-refractivity contribution in [3.8, 4) is 0 Å². The van der Waals surface area contributed by atoms with Gasteiger partial charge in [0, 0.05) is 19.5 Å². The fourth-order valence-corrected chi connectivity index (χ4v) is 1.21. The number of aromatic amines is 1. The van der Waals surface area contributed by atoms with E-state index in [0.717, 1.165) is 0 Å². The number of nitrogens with zero attached hydrogens (tertiary/aromatic N) is 3. The molecule has 84 valence electrons. The van der Waals surface area contributed by atoms with Crippen LogP contribution >= 0.6 is 0 Å². The van der Waals surface area contributed by atoms with E-state index >= 15 is 0 Å². The van der Waals surface area contributed by atoms with Crippen LogP contribution in [0.5, 0.6) is 0 Å². The van der Waals surface area contributed by atoms with Crippen LogP contribution in [0, 0.1) is 0 Å². The average molecular weight is 222 g/mol. The first-order chi connectivity index (χ1) is 7.81. The molecule has 0 spiro atoms. The second-order valence-corrected chi connectivity index (χ2v) is 3.00. The first kappa shape index (κ1) is 10.7. The Kier molecular flexibility index (Phi) is 3.18. The van der Waals surface area contributed by atoms with Crippen LogP contribution in [0.15, 0.2) is 17.2 Å². The molecular weight excluding hydrogens is 212 g/mol. The van der Waals surface area contributed by atoms with E-state index in [4.69, 9.17) is 9.47 Å². The van der Waals surface area contributed by atoms with E-state index in [-0.39, 0.29) is 24.5 Å². The summed E-state index contributed by atoms with van der Waals surface area (Å²) in [5.74, 6) is 0.398. The van der Waals surface area contributed by atoms with Gasteiger partial charge >= 0.3 is 0 Å². The van der Waals surface area contributed by atoms with Gasteiger partial charge < -0.3 is 14.5 Å². The molecule has 7 nitrogen and oxygen atoms in total. The van der Waals surface area contributed by atoms with Crippen molar-refractivity contribution >= 4 is 11.2 Å². The van der Waals surface area contributed by atoms with E-state index in [0.29, 0.717) is 11.5 Å². The first-order valence-corrected chi connectivity index (χ1v) is 4.58. The highest BCUT2D eigenvalue weighted by atomic mass is 16.7. The molecular formula is C9H10N4O3. The second kappa shape index (κ2) is 4.77. The lowest BCUT2D eigenvalue weighted by Crippen LogP contribution is -2.14. The number of hydrogen-bond acceptors (Lipinski definition) is 6. The Morgan fingerprint density at radius 3 is 3.00 bits per heavy atom. The van der Waals surface area contributed by atoms with Crippen molar-refractivity contribution in [1.82, 2.24) is 19.9 Å². The molecule has 0 aliphatic rings. The number of aromatic nitrogens is 4. The molecule has 1 N–H and O–H groups in total. The molecule has 0 fully saturated rings. The van der Waals surface area contributed by atoms with Crippen LogP contribution in [-0.2, 0) is 16.1 Å². The third-order valence-corrected chi connectivity index (χ3v) is 1.83. The van der Waals surface area contributed by atoms with E-state index in [1.807, 2.05) is 0 Å². The topological polar surface area (TPSA) is 90.0 Å². The summed E-state index contributed by atoms with van der Waals surface area (Å²) in [5, 5.41) is 0. The summed E-state index contributed by atoms with van der Waals surface area (Å²) in [7, 11) is 1.52. The van der Waals surface area contributed by atoms with Crippen LogP contribution in [0.4, 0.5) is 0 Å². The Morgan fingerprint density at radius 2 is 2.19 bits per heavy atom. The first-order valence-electron chi connectivity index (χ1n) is 4.58.